The second-order valence-corrected chi connectivity index (χ2v) is 4.73. The number of ether oxygens (including phenoxy) is 2. The Morgan fingerprint density at radius 2 is 1.90 bits per heavy atom. The normalized spacial score (nSPS) is 10.2. The van der Waals surface area contributed by atoms with Crippen molar-refractivity contribution in [3.05, 3.63) is 58.6 Å². The predicted octanol–water partition coefficient (Wildman–Crippen LogP) is 3.92. The Morgan fingerprint density at radius 1 is 1.15 bits per heavy atom. The first kappa shape index (κ1) is 14.4. The number of rotatable bonds is 5. The molecule has 0 radical (unpaired) electrons. The number of hydrogen-bond acceptors (Lipinski definition) is 3. The smallest absolute Gasteiger partial charge is 0.200 e. The van der Waals surface area contributed by atoms with E-state index in [-0.39, 0.29) is 12.4 Å². The van der Waals surface area contributed by atoms with Crippen LogP contribution in [0.3, 0.4) is 0 Å². The highest BCUT2D eigenvalue weighted by molar-refractivity contribution is 6.32. The SMILES string of the molecule is COc1ccc(C(=O)COc2ccccc2C)cc1Cl. The predicted molar refractivity (Wildman–Crippen MR) is 79.0 cm³/mol. The summed E-state index contributed by atoms with van der Waals surface area (Å²) >= 11 is 6.00. The molecule has 20 heavy (non-hydrogen) atoms. The van der Waals surface area contributed by atoms with E-state index in [4.69, 9.17) is 21.1 Å². The zero-order chi connectivity index (χ0) is 14.5. The van der Waals surface area contributed by atoms with Crippen LogP contribution in [0.5, 0.6) is 11.5 Å². The third kappa shape index (κ3) is 3.31. The molecule has 0 atom stereocenters. The third-order valence-electron chi connectivity index (χ3n) is 2.93. The molecule has 3 nitrogen and oxygen atoms in total. The van der Waals surface area contributed by atoms with Crippen molar-refractivity contribution in [2.24, 2.45) is 0 Å². The summed E-state index contributed by atoms with van der Waals surface area (Å²) in [6.07, 6.45) is 0. The largest absolute Gasteiger partial charge is 0.495 e. The first-order valence-corrected chi connectivity index (χ1v) is 6.55. The van der Waals surface area contributed by atoms with E-state index >= 15 is 0 Å². The highest BCUT2D eigenvalue weighted by Gasteiger charge is 2.10. The van der Waals surface area contributed by atoms with Crippen molar-refractivity contribution < 1.29 is 14.3 Å². The zero-order valence-electron chi connectivity index (χ0n) is 11.4. The molecule has 0 fully saturated rings. The van der Waals surface area contributed by atoms with Crippen molar-refractivity contribution >= 4 is 17.4 Å². The number of methoxy groups -OCH3 is 1. The van der Waals surface area contributed by atoms with Crippen LogP contribution in [0.15, 0.2) is 42.5 Å². The Bertz CT molecular complexity index is 623. The van der Waals surface area contributed by atoms with Crippen LogP contribution in [0, 0.1) is 6.92 Å². The molecule has 0 aliphatic rings. The van der Waals surface area contributed by atoms with Gasteiger partial charge in [-0.15, -0.1) is 0 Å². The van der Waals surface area contributed by atoms with Gasteiger partial charge < -0.3 is 9.47 Å². The number of carbonyl (C=O) groups excluding carboxylic acids is 1. The third-order valence-corrected chi connectivity index (χ3v) is 3.22. The van der Waals surface area contributed by atoms with Crippen molar-refractivity contribution in [1.29, 1.82) is 0 Å². The Balaban J connectivity index is 2.05. The first-order valence-electron chi connectivity index (χ1n) is 6.17. The van der Waals surface area contributed by atoms with E-state index in [0.717, 1.165) is 5.56 Å². The average Bonchev–Trinajstić information content (AvgIpc) is 2.46. The van der Waals surface area contributed by atoms with Gasteiger partial charge in [-0.25, -0.2) is 0 Å². The van der Waals surface area contributed by atoms with Crippen molar-refractivity contribution in [3.63, 3.8) is 0 Å². The van der Waals surface area contributed by atoms with Crippen LogP contribution in [-0.4, -0.2) is 19.5 Å². The van der Waals surface area contributed by atoms with Gasteiger partial charge in [-0.2, -0.15) is 0 Å². The number of aryl methyl sites for hydroxylation is 1. The molecule has 2 rings (SSSR count). The van der Waals surface area contributed by atoms with E-state index in [2.05, 4.69) is 0 Å². The molecule has 0 aromatic heterocycles. The minimum absolute atomic E-state index is 0.0203. The van der Waals surface area contributed by atoms with Crippen LogP contribution in [-0.2, 0) is 0 Å². The summed E-state index contributed by atoms with van der Waals surface area (Å²) in [6.45, 7) is 1.91. The van der Waals surface area contributed by atoms with Crippen molar-refractivity contribution in [2.75, 3.05) is 13.7 Å². The van der Waals surface area contributed by atoms with E-state index in [0.29, 0.717) is 22.1 Å². The number of ketones is 1. The highest BCUT2D eigenvalue weighted by Crippen LogP contribution is 2.25. The molecule has 0 bridgehead atoms. The molecule has 0 aliphatic heterocycles. The zero-order valence-corrected chi connectivity index (χ0v) is 12.1. The van der Waals surface area contributed by atoms with Gasteiger partial charge in [0.2, 0.25) is 0 Å². The molecular formula is C16H15ClO3. The lowest BCUT2D eigenvalue weighted by atomic mass is 10.1. The lowest BCUT2D eigenvalue weighted by Gasteiger charge is -2.09. The summed E-state index contributed by atoms with van der Waals surface area (Å²) < 4.78 is 10.6. The second-order valence-electron chi connectivity index (χ2n) is 4.33. The van der Waals surface area contributed by atoms with Crippen LogP contribution >= 0.6 is 11.6 Å². The molecule has 0 heterocycles. The van der Waals surface area contributed by atoms with Gasteiger partial charge in [0.1, 0.15) is 11.5 Å². The van der Waals surface area contributed by atoms with E-state index in [9.17, 15) is 4.79 Å². The van der Waals surface area contributed by atoms with Gasteiger partial charge >= 0.3 is 0 Å². The number of para-hydroxylation sites is 1. The van der Waals surface area contributed by atoms with Crippen LogP contribution < -0.4 is 9.47 Å². The number of Topliss-reactive ketones (excluding diaryl/α,β-unsaturated/α-hetero) is 1. The molecule has 104 valence electrons. The Kier molecular flexibility index (Phi) is 4.64. The maximum atomic E-state index is 12.1. The molecule has 4 heteroatoms. The summed E-state index contributed by atoms with van der Waals surface area (Å²) in [5, 5.41) is 0.411. The van der Waals surface area contributed by atoms with Gasteiger partial charge in [-0.1, -0.05) is 29.8 Å². The molecule has 0 unspecified atom stereocenters. The minimum atomic E-state index is -0.127. The summed E-state index contributed by atoms with van der Waals surface area (Å²) in [6, 6.07) is 12.5. The number of carbonyl (C=O) groups is 1. The Hall–Kier alpha value is -2.00. The fourth-order valence-electron chi connectivity index (χ4n) is 1.78. The molecule has 0 aliphatic carbocycles. The quantitative estimate of drug-likeness (QED) is 0.783. The molecule has 0 N–H and O–H groups in total. The van der Waals surface area contributed by atoms with E-state index in [1.165, 1.54) is 7.11 Å². The standard InChI is InChI=1S/C16H15ClO3/c1-11-5-3-4-6-15(11)20-10-14(18)12-7-8-16(19-2)13(17)9-12/h3-9H,10H2,1-2H3. The molecule has 0 spiro atoms. The van der Waals surface area contributed by atoms with Gasteiger partial charge in [-0.05, 0) is 36.8 Å². The lowest BCUT2D eigenvalue weighted by Crippen LogP contribution is -2.12. The number of benzene rings is 2. The van der Waals surface area contributed by atoms with Crippen LogP contribution in [0.4, 0.5) is 0 Å². The van der Waals surface area contributed by atoms with Crippen LogP contribution in [0.2, 0.25) is 5.02 Å². The molecule has 0 amide bonds. The van der Waals surface area contributed by atoms with Gasteiger partial charge in [0.25, 0.3) is 0 Å². The first-order chi connectivity index (χ1) is 9.61. The summed E-state index contributed by atoms with van der Waals surface area (Å²) in [5.41, 5.74) is 1.50. The fourth-order valence-corrected chi connectivity index (χ4v) is 2.04. The van der Waals surface area contributed by atoms with Crippen LogP contribution in [0.1, 0.15) is 15.9 Å². The van der Waals surface area contributed by atoms with Gasteiger partial charge in [-0.3, -0.25) is 4.79 Å². The summed E-state index contributed by atoms with van der Waals surface area (Å²) in [5.74, 6) is 1.13. The second kappa shape index (κ2) is 6.44. The maximum absolute atomic E-state index is 12.1. The Labute approximate surface area is 123 Å². The average molecular weight is 291 g/mol. The van der Waals surface area contributed by atoms with Gasteiger partial charge in [0.15, 0.2) is 12.4 Å². The highest BCUT2D eigenvalue weighted by atomic mass is 35.5. The monoisotopic (exact) mass is 290 g/mol. The number of halogens is 1. The van der Waals surface area contributed by atoms with E-state index in [1.54, 1.807) is 18.2 Å². The van der Waals surface area contributed by atoms with E-state index < -0.39 is 0 Å². The molecule has 2 aromatic carbocycles. The molecule has 0 saturated carbocycles. The van der Waals surface area contributed by atoms with E-state index in [1.807, 2.05) is 31.2 Å². The van der Waals surface area contributed by atoms with Crippen LogP contribution in [0.25, 0.3) is 0 Å². The molecular weight excluding hydrogens is 276 g/mol. The van der Waals surface area contributed by atoms with Crippen molar-refractivity contribution in [2.45, 2.75) is 6.92 Å². The van der Waals surface area contributed by atoms with Gasteiger partial charge in [0, 0.05) is 5.56 Å². The fraction of sp³-hybridized carbons (Fsp3) is 0.188. The van der Waals surface area contributed by atoms with Crippen molar-refractivity contribution in [1.82, 2.24) is 0 Å². The van der Waals surface area contributed by atoms with Crippen molar-refractivity contribution in [3.8, 4) is 11.5 Å². The molecule has 0 saturated heterocycles. The Morgan fingerprint density at radius 3 is 2.55 bits per heavy atom. The topological polar surface area (TPSA) is 35.5 Å². The summed E-state index contributed by atoms with van der Waals surface area (Å²) in [4.78, 5) is 12.1. The van der Waals surface area contributed by atoms with Gasteiger partial charge in [0.05, 0.1) is 12.1 Å². The minimum Gasteiger partial charge on any atom is -0.495 e. The molecule has 2 aromatic rings. The lowest BCUT2D eigenvalue weighted by molar-refractivity contribution is 0.0921. The number of hydrogen-bond donors (Lipinski definition) is 0. The summed E-state index contributed by atoms with van der Waals surface area (Å²) in [7, 11) is 1.53. The maximum Gasteiger partial charge on any atom is 0.200 e.